The van der Waals surface area contributed by atoms with Gasteiger partial charge in [-0.1, -0.05) is 6.42 Å². The van der Waals surface area contributed by atoms with E-state index in [0.717, 1.165) is 11.8 Å². The molecule has 0 heterocycles. The Hall–Kier alpha value is -0.0400. The highest BCUT2D eigenvalue weighted by Crippen LogP contribution is 2.58. The molecule has 1 unspecified atom stereocenters. The Morgan fingerprint density at radius 2 is 1.27 bits per heavy atom. The van der Waals surface area contributed by atoms with E-state index in [9.17, 15) is 5.11 Å². The lowest BCUT2D eigenvalue weighted by Gasteiger charge is -2.22. The van der Waals surface area contributed by atoms with Crippen LogP contribution in [0, 0.1) is 23.7 Å². The first-order valence-corrected chi connectivity index (χ1v) is 5.06. The average Bonchev–Trinajstić information content (AvgIpc) is 2.61. The number of fused-ring (bicyclic) bond motifs is 5. The van der Waals surface area contributed by atoms with E-state index < -0.39 is 0 Å². The molecule has 1 heteroatoms. The van der Waals surface area contributed by atoms with Crippen LogP contribution in [0.4, 0.5) is 0 Å². The molecule has 3 fully saturated rings. The van der Waals surface area contributed by atoms with Crippen molar-refractivity contribution in [3.63, 3.8) is 0 Å². The fourth-order valence-corrected chi connectivity index (χ4v) is 4.06. The van der Waals surface area contributed by atoms with E-state index in [0.29, 0.717) is 11.8 Å². The standard InChI is InChI=1S/C10H16O/c11-10-8-4-5-9(10)7-3-1-2-6(7)8/h6-11H,1-5H2/t6-,7+,8-,9+,10?. The minimum atomic E-state index is 0.102. The molecule has 1 N–H and O–H groups in total. The van der Waals surface area contributed by atoms with Crippen molar-refractivity contribution in [2.75, 3.05) is 0 Å². The summed E-state index contributed by atoms with van der Waals surface area (Å²) >= 11 is 0. The van der Waals surface area contributed by atoms with Crippen LogP contribution in [0.3, 0.4) is 0 Å². The molecule has 2 bridgehead atoms. The van der Waals surface area contributed by atoms with Crippen molar-refractivity contribution in [2.24, 2.45) is 23.7 Å². The lowest BCUT2D eigenvalue weighted by molar-refractivity contribution is 0.114. The van der Waals surface area contributed by atoms with Crippen LogP contribution < -0.4 is 0 Å². The van der Waals surface area contributed by atoms with Crippen LogP contribution in [0.1, 0.15) is 32.1 Å². The molecule has 3 aliphatic carbocycles. The summed E-state index contributed by atoms with van der Waals surface area (Å²) < 4.78 is 0. The van der Waals surface area contributed by atoms with Gasteiger partial charge >= 0.3 is 0 Å². The second kappa shape index (κ2) is 2.01. The third-order valence-electron chi connectivity index (χ3n) is 4.44. The maximum atomic E-state index is 9.83. The highest BCUT2D eigenvalue weighted by molar-refractivity contribution is 5.04. The zero-order valence-corrected chi connectivity index (χ0v) is 6.87. The Kier molecular flexibility index (Phi) is 1.18. The zero-order valence-electron chi connectivity index (χ0n) is 6.87. The normalized spacial score (nSPS) is 60.3. The SMILES string of the molecule is OC1[C@H]2CC[C@@H]1[C@@H]1CCC[C@@H]12. The molecule has 1 nitrogen and oxygen atoms in total. The summed E-state index contributed by atoms with van der Waals surface area (Å²) in [5, 5.41) is 9.83. The molecule has 0 radical (unpaired) electrons. The van der Waals surface area contributed by atoms with Gasteiger partial charge in [-0.15, -0.1) is 0 Å². The van der Waals surface area contributed by atoms with Gasteiger partial charge in [0, 0.05) is 0 Å². The Labute approximate surface area is 67.8 Å². The van der Waals surface area contributed by atoms with Gasteiger partial charge in [-0.25, -0.2) is 0 Å². The van der Waals surface area contributed by atoms with Crippen molar-refractivity contribution in [1.82, 2.24) is 0 Å². The van der Waals surface area contributed by atoms with Gasteiger partial charge in [0.1, 0.15) is 0 Å². The molecule has 3 aliphatic rings. The molecule has 3 saturated carbocycles. The molecule has 0 saturated heterocycles. The fourth-order valence-electron chi connectivity index (χ4n) is 4.06. The van der Waals surface area contributed by atoms with Crippen molar-refractivity contribution in [3.8, 4) is 0 Å². The van der Waals surface area contributed by atoms with Crippen LogP contribution in [0.15, 0.2) is 0 Å². The van der Waals surface area contributed by atoms with Gasteiger partial charge in [-0.2, -0.15) is 0 Å². The van der Waals surface area contributed by atoms with E-state index in [4.69, 9.17) is 0 Å². The molecule has 5 atom stereocenters. The van der Waals surface area contributed by atoms with Gasteiger partial charge < -0.3 is 5.11 Å². The Balaban J connectivity index is 1.94. The monoisotopic (exact) mass is 152 g/mol. The second-order valence-electron chi connectivity index (χ2n) is 4.65. The molecule has 0 amide bonds. The first kappa shape index (κ1) is 6.47. The van der Waals surface area contributed by atoms with E-state index in [1.807, 2.05) is 0 Å². The number of hydrogen-bond acceptors (Lipinski definition) is 1. The quantitative estimate of drug-likeness (QED) is 0.561. The maximum Gasteiger partial charge on any atom is 0.0602 e. The predicted molar refractivity (Wildman–Crippen MR) is 43.1 cm³/mol. The minimum absolute atomic E-state index is 0.102. The lowest BCUT2D eigenvalue weighted by Crippen LogP contribution is -2.15. The van der Waals surface area contributed by atoms with Crippen LogP contribution in [0.5, 0.6) is 0 Å². The van der Waals surface area contributed by atoms with Crippen LogP contribution in [0.2, 0.25) is 0 Å². The third-order valence-corrected chi connectivity index (χ3v) is 4.44. The summed E-state index contributed by atoms with van der Waals surface area (Å²) in [6.07, 6.45) is 7.03. The summed E-state index contributed by atoms with van der Waals surface area (Å²) in [5.41, 5.74) is 0. The maximum absolute atomic E-state index is 9.83. The van der Waals surface area contributed by atoms with Crippen molar-refractivity contribution < 1.29 is 5.11 Å². The highest BCUT2D eigenvalue weighted by atomic mass is 16.3. The lowest BCUT2D eigenvalue weighted by atomic mass is 9.82. The van der Waals surface area contributed by atoms with Crippen LogP contribution >= 0.6 is 0 Å². The van der Waals surface area contributed by atoms with E-state index in [1.165, 1.54) is 32.1 Å². The van der Waals surface area contributed by atoms with E-state index >= 15 is 0 Å². The van der Waals surface area contributed by atoms with Crippen molar-refractivity contribution >= 4 is 0 Å². The van der Waals surface area contributed by atoms with E-state index in [-0.39, 0.29) is 6.10 Å². The molecule has 0 aliphatic heterocycles. The predicted octanol–water partition coefficient (Wildman–Crippen LogP) is 1.80. The molecule has 0 spiro atoms. The van der Waals surface area contributed by atoms with Gasteiger partial charge in [0.05, 0.1) is 6.10 Å². The first-order valence-electron chi connectivity index (χ1n) is 5.06. The minimum Gasteiger partial charge on any atom is -0.393 e. The molecule has 11 heavy (non-hydrogen) atoms. The Morgan fingerprint density at radius 1 is 0.727 bits per heavy atom. The van der Waals surface area contributed by atoms with Crippen LogP contribution in [0.25, 0.3) is 0 Å². The van der Waals surface area contributed by atoms with Gasteiger partial charge in [-0.05, 0) is 49.4 Å². The Morgan fingerprint density at radius 3 is 1.82 bits per heavy atom. The van der Waals surface area contributed by atoms with E-state index in [2.05, 4.69) is 0 Å². The van der Waals surface area contributed by atoms with Gasteiger partial charge in [0.2, 0.25) is 0 Å². The fraction of sp³-hybridized carbons (Fsp3) is 1.00. The summed E-state index contributed by atoms with van der Waals surface area (Å²) in [6, 6.07) is 0. The summed E-state index contributed by atoms with van der Waals surface area (Å²) in [5.74, 6) is 3.30. The highest BCUT2D eigenvalue weighted by Gasteiger charge is 2.54. The summed E-state index contributed by atoms with van der Waals surface area (Å²) in [4.78, 5) is 0. The molecule has 0 aromatic heterocycles. The van der Waals surface area contributed by atoms with Gasteiger partial charge in [-0.3, -0.25) is 0 Å². The third kappa shape index (κ3) is 0.658. The Bertz CT molecular complexity index is 150. The van der Waals surface area contributed by atoms with Crippen molar-refractivity contribution in [1.29, 1.82) is 0 Å². The number of rotatable bonds is 0. The largest absolute Gasteiger partial charge is 0.393 e. The molecule has 62 valence electrons. The molecule has 0 aromatic carbocycles. The smallest absolute Gasteiger partial charge is 0.0602 e. The number of hydrogen-bond donors (Lipinski definition) is 1. The number of aliphatic hydroxyl groups excluding tert-OH is 1. The van der Waals surface area contributed by atoms with Crippen LogP contribution in [-0.2, 0) is 0 Å². The first-order chi connectivity index (χ1) is 5.38. The topological polar surface area (TPSA) is 20.2 Å². The molecule has 3 rings (SSSR count). The van der Waals surface area contributed by atoms with Crippen molar-refractivity contribution in [2.45, 2.75) is 38.2 Å². The molecular formula is C10H16O. The summed E-state index contributed by atoms with van der Waals surface area (Å²) in [7, 11) is 0. The van der Waals surface area contributed by atoms with Crippen molar-refractivity contribution in [3.05, 3.63) is 0 Å². The van der Waals surface area contributed by atoms with Crippen LogP contribution in [-0.4, -0.2) is 11.2 Å². The zero-order chi connectivity index (χ0) is 7.42. The van der Waals surface area contributed by atoms with E-state index in [1.54, 1.807) is 0 Å². The second-order valence-corrected chi connectivity index (χ2v) is 4.65. The van der Waals surface area contributed by atoms with Gasteiger partial charge in [0.15, 0.2) is 0 Å². The summed E-state index contributed by atoms with van der Waals surface area (Å²) in [6.45, 7) is 0. The molecule has 0 aromatic rings. The average molecular weight is 152 g/mol. The van der Waals surface area contributed by atoms with Gasteiger partial charge in [0.25, 0.3) is 0 Å². The number of aliphatic hydroxyl groups is 1. The molecular weight excluding hydrogens is 136 g/mol.